The number of halogens is 1. The van der Waals surface area contributed by atoms with Gasteiger partial charge in [-0.1, -0.05) is 17.7 Å². The van der Waals surface area contributed by atoms with Gasteiger partial charge in [-0.25, -0.2) is 9.98 Å². The first-order valence-electron chi connectivity index (χ1n) is 4.17. The number of phenols is 1. The highest BCUT2D eigenvalue weighted by Gasteiger charge is 2.31. The molecule has 1 aromatic carbocycles. The van der Waals surface area contributed by atoms with Crippen molar-refractivity contribution in [2.24, 2.45) is 9.98 Å². The van der Waals surface area contributed by atoms with Gasteiger partial charge in [0.1, 0.15) is 12.1 Å². The number of aliphatic hydroxyl groups is 1. The van der Waals surface area contributed by atoms with Crippen LogP contribution < -0.4 is 5.32 Å². The molecule has 0 saturated carbocycles. The molecule has 0 saturated heterocycles. The van der Waals surface area contributed by atoms with Crippen molar-refractivity contribution in [3.8, 4) is 5.75 Å². The number of hydrogen-bond acceptors (Lipinski definition) is 5. The van der Waals surface area contributed by atoms with Crippen LogP contribution in [0.1, 0.15) is 5.56 Å². The van der Waals surface area contributed by atoms with Gasteiger partial charge in [-0.3, -0.25) is 0 Å². The third-order valence-electron chi connectivity index (χ3n) is 2.01. The van der Waals surface area contributed by atoms with Crippen LogP contribution in [0.5, 0.6) is 5.75 Å². The van der Waals surface area contributed by atoms with Crippen LogP contribution >= 0.6 is 11.6 Å². The van der Waals surface area contributed by atoms with Crippen molar-refractivity contribution in [2.45, 2.75) is 5.85 Å². The SMILES string of the molecule is Oc1c(Cl)cccc1C1(O)N=CN=CN1. The van der Waals surface area contributed by atoms with E-state index in [-0.39, 0.29) is 16.3 Å². The molecule has 1 aromatic rings. The maximum absolute atomic E-state index is 10.0. The minimum atomic E-state index is -1.71. The van der Waals surface area contributed by atoms with Gasteiger partial charge in [0.15, 0.2) is 0 Å². The summed E-state index contributed by atoms with van der Waals surface area (Å²) in [6, 6.07) is 4.65. The lowest BCUT2D eigenvalue weighted by Crippen LogP contribution is -2.41. The summed E-state index contributed by atoms with van der Waals surface area (Å²) in [5.41, 5.74) is 0.178. The van der Waals surface area contributed by atoms with Gasteiger partial charge in [0, 0.05) is 0 Å². The van der Waals surface area contributed by atoms with Crippen LogP contribution in [0.15, 0.2) is 28.2 Å². The van der Waals surface area contributed by atoms with Gasteiger partial charge in [-0.2, -0.15) is 0 Å². The van der Waals surface area contributed by atoms with Gasteiger partial charge in [0.25, 0.3) is 5.85 Å². The average molecular weight is 226 g/mol. The molecule has 0 bridgehead atoms. The Balaban J connectivity index is 2.49. The molecule has 5 nitrogen and oxygen atoms in total. The van der Waals surface area contributed by atoms with Gasteiger partial charge in [-0.05, 0) is 12.1 Å². The Morgan fingerprint density at radius 1 is 1.40 bits per heavy atom. The summed E-state index contributed by atoms with van der Waals surface area (Å²) in [7, 11) is 0. The Hall–Kier alpha value is -1.59. The molecule has 1 unspecified atom stereocenters. The molecule has 2 rings (SSSR count). The summed E-state index contributed by atoms with van der Waals surface area (Å²) < 4.78 is 0. The summed E-state index contributed by atoms with van der Waals surface area (Å²) in [6.45, 7) is 0. The Bertz CT molecular complexity index is 447. The number of aromatic hydroxyl groups is 1. The molecule has 1 heterocycles. The monoisotopic (exact) mass is 225 g/mol. The van der Waals surface area contributed by atoms with Crippen LogP contribution in [0.25, 0.3) is 0 Å². The zero-order valence-corrected chi connectivity index (χ0v) is 8.31. The standard InChI is InChI=1S/C9H8ClN3O2/c10-7-3-1-2-6(8(7)14)9(15)12-4-11-5-13-9/h1-5,14-15H,(H,11,12,13). The molecule has 1 atom stereocenters. The van der Waals surface area contributed by atoms with Gasteiger partial charge < -0.3 is 15.5 Å². The third kappa shape index (κ3) is 1.67. The van der Waals surface area contributed by atoms with Gasteiger partial charge in [-0.15, -0.1) is 0 Å². The lowest BCUT2D eigenvalue weighted by atomic mass is 10.1. The first kappa shape index (κ1) is 9.95. The second-order valence-electron chi connectivity index (χ2n) is 2.98. The molecular formula is C9H8ClN3O2. The molecule has 15 heavy (non-hydrogen) atoms. The normalized spacial score (nSPS) is 23.9. The van der Waals surface area contributed by atoms with E-state index in [0.29, 0.717) is 0 Å². The van der Waals surface area contributed by atoms with Crippen LogP contribution in [0.4, 0.5) is 0 Å². The highest BCUT2D eigenvalue weighted by molar-refractivity contribution is 6.32. The molecule has 0 spiro atoms. The van der Waals surface area contributed by atoms with Crippen LogP contribution in [-0.2, 0) is 5.85 Å². The zero-order chi connectivity index (χ0) is 10.9. The number of aliphatic imine (C=N–C) groups is 2. The van der Waals surface area contributed by atoms with Crippen LogP contribution in [-0.4, -0.2) is 22.9 Å². The molecule has 0 aliphatic carbocycles. The van der Waals surface area contributed by atoms with Gasteiger partial charge in [0.05, 0.1) is 16.9 Å². The second kappa shape index (κ2) is 3.52. The topological polar surface area (TPSA) is 77.2 Å². The number of nitrogens with one attached hydrogen (secondary N) is 1. The molecular weight excluding hydrogens is 218 g/mol. The van der Waals surface area contributed by atoms with Crippen molar-refractivity contribution in [2.75, 3.05) is 0 Å². The summed E-state index contributed by atoms with van der Waals surface area (Å²) in [5, 5.41) is 22.4. The molecule has 0 aromatic heterocycles. The summed E-state index contributed by atoms with van der Waals surface area (Å²) in [5.74, 6) is -1.92. The van der Waals surface area contributed by atoms with E-state index in [9.17, 15) is 10.2 Å². The zero-order valence-electron chi connectivity index (χ0n) is 7.55. The summed E-state index contributed by atoms with van der Waals surface area (Å²) >= 11 is 5.72. The fraction of sp³-hybridized carbons (Fsp3) is 0.111. The van der Waals surface area contributed by atoms with E-state index >= 15 is 0 Å². The lowest BCUT2D eigenvalue weighted by molar-refractivity contribution is 0.0287. The number of para-hydroxylation sites is 1. The highest BCUT2D eigenvalue weighted by Crippen LogP contribution is 2.34. The molecule has 0 amide bonds. The van der Waals surface area contributed by atoms with Gasteiger partial charge in [0.2, 0.25) is 0 Å². The lowest BCUT2D eigenvalue weighted by Gasteiger charge is -2.26. The molecule has 1 aliphatic heterocycles. The molecule has 0 radical (unpaired) electrons. The fourth-order valence-electron chi connectivity index (χ4n) is 1.26. The maximum Gasteiger partial charge on any atom is 0.268 e. The highest BCUT2D eigenvalue weighted by atomic mass is 35.5. The quantitative estimate of drug-likeness (QED) is 0.662. The number of benzene rings is 1. The van der Waals surface area contributed by atoms with E-state index in [4.69, 9.17) is 11.6 Å². The van der Waals surface area contributed by atoms with E-state index in [1.54, 1.807) is 6.07 Å². The van der Waals surface area contributed by atoms with Crippen molar-refractivity contribution >= 4 is 24.3 Å². The first-order chi connectivity index (χ1) is 7.13. The van der Waals surface area contributed by atoms with Crippen LogP contribution in [0, 0.1) is 0 Å². The Morgan fingerprint density at radius 2 is 2.20 bits per heavy atom. The van der Waals surface area contributed by atoms with Crippen molar-refractivity contribution in [1.29, 1.82) is 0 Å². The molecule has 0 fully saturated rings. The minimum Gasteiger partial charge on any atom is -0.506 e. The Morgan fingerprint density at radius 3 is 2.87 bits per heavy atom. The predicted molar refractivity (Wildman–Crippen MR) is 57.1 cm³/mol. The summed E-state index contributed by atoms with van der Waals surface area (Å²) in [6.07, 6.45) is 2.48. The number of rotatable bonds is 1. The van der Waals surface area contributed by atoms with Crippen molar-refractivity contribution < 1.29 is 10.2 Å². The van der Waals surface area contributed by atoms with Crippen molar-refractivity contribution in [3.05, 3.63) is 28.8 Å². The summed E-state index contributed by atoms with van der Waals surface area (Å²) in [4.78, 5) is 7.38. The van der Waals surface area contributed by atoms with Crippen LogP contribution in [0.3, 0.4) is 0 Å². The fourth-order valence-corrected chi connectivity index (χ4v) is 1.43. The first-order valence-corrected chi connectivity index (χ1v) is 4.55. The molecule has 3 N–H and O–H groups in total. The Labute approximate surface area is 90.8 Å². The smallest absolute Gasteiger partial charge is 0.268 e. The Kier molecular flexibility index (Phi) is 2.34. The van der Waals surface area contributed by atoms with E-state index in [1.165, 1.54) is 24.8 Å². The molecule has 6 heteroatoms. The molecule has 78 valence electrons. The van der Waals surface area contributed by atoms with E-state index in [2.05, 4.69) is 15.3 Å². The minimum absolute atomic E-state index is 0.153. The van der Waals surface area contributed by atoms with Gasteiger partial charge >= 0.3 is 0 Å². The average Bonchev–Trinajstić information content (AvgIpc) is 2.23. The number of phenolic OH excluding ortho intramolecular Hbond substituents is 1. The van der Waals surface area contributed by atoms with Crippen LogP contribution in [0.2, 0.25) is 5.02 Å². The van der Waals surface area contributed by atoms with Crippen molar-refractivity contribution in [3.63, 3.8) is 0 Å². The van der Waals surface area contributed by atoms with Crippen molar-refractivity contribution in [1.82, 2.24) is 5.32 Å². The third-order valence-corrected chi connectivity index (χ3v) is 2.32. The number of hydrogen-bond donors (Lipinski definition) is 3. The second-order valence-corrected chi connectivity index (χ2v) is 3.38. The number of nitrogens with zero attached hydrogens (tertiary/aromatic N) is 2. The molecule has 1 aliphatic rings. The largest absolute Gasteiger partial charge is 0.506 e. The maximum atomic E-state index is 10.0. The van der Waals surface area contributed by atoms with E-state index in [0.717, 1.165) is 0 Å². The van der Waals surface area contributed by atoms with E-state index < -0.39 is 5.85 Å². The predicted octanol–water partition coefficient (Wildman–Crippen LogP) is 0.808. The van der Waals surface area contributed by atoms with E-state index in [1.807, 2.05) is 0 Å².